The summed E-state index contributed by atoms with van der Waals surface area (Å²) in [7, 11) is 1.65. The predicted octanol–water partition coefficient (Wildman–Crippen LogP) is 1.56. The highest BCUT2D eigenvalue weighted by atomic mass is 16.5. The van der Waals surface area contributed by atoms with Crippen molar-refractivity contribution in [2.75, 3.05) is 26.8 Å². The van der Waals surface area contributed by atoms with Gasteiger partial charge in [0, 0.05) is 19.0 Å². The molecular weight excluding hydrogens is 230 g/mol. The molecule has 1 fully saturated rings. The Morgan fingerprint density at radius 2 is 2.06 bits per heavy atom. The van der Waals surface area contributed by atoms with E-state index in [9.17, 15) is 4.79 Å². The third kappa shape index (κ3) is 2.64. The lowest BCUT2D eigenvalue weighted by atomic mass is 9.89. The number of rotatable bonds is 4. The quantitative estimate of drug-likeness (QED) is 0.823. The highest BCUT2D eigenvalue weighted by molar-refractivity contribution is 5.74. The summed E-state index contributed by atoms with van der Waals surface area (Å²) in [6.45, 7) is 3.78. The summed E-state index contributed by atoms with van der Waals surface area (Å²) in [5.74, 6) is 0.828. The number of carbonyl (C=O) groups excluding carboxylic acids is 1. The molecule has 18 heavy (non-hydrogen) atoms. The second kappa shape index (κ2) is 5.87. The zero-order chi connectivity index (χ0) is 13.0. The Morgan fingerprint density at radius 3 is 2.67 bits per heavy atom. The smallest absolute Gasteiger partial charge is 0.310 e. The van der Waals surface area contributed by atoms with Crippen LogP contribution in [-0.4, -0.2) is 32.8 Å². The van der Waals surface area contributed by atoms with Gasteiger partial charge in [0.05, 0.1) is 19.6 Å². The highest BCUT2D eigenvalue weighted by Crippen LogP contribution is 2.30. The number of carbonyl (C=O) groups is 1. The number of nitrogens with one attached hydrogen (secondary N) is 1. The van der Waals surface area contributed by atoms with E-state index in [4.69, 9.17) is 9.47 Å². The third-order valence-corrected chi connectivity index (χ3v) is 3.35. The second-order valence-corrected chi connectivity index (χ2v) is 4.40. The van der Waals surface area contributed by atoms with Gasteiger partial charge in [0.2, 0.25) is 0 Å². The highest BCUT2D eigenvalue weighted by Gasteiger charge is 2.34. The fourth-order valence-electron chi connectivity index (χ4n) is 2.38. The number of methoxy groups -OCH3 is 1. The van der Waals surface area contributed by atoms with Crippen LogP contribution in [0.5, 0.6) is 5.75 Å². The zero-order valence-corrected chi connectivity index (χ0v) is 10.8. The van der Waals surface area contributed by atoms with Crippen molar-refractivity contribution < 1.29 is 14.3 Å². The summed E-state index contributed by atoms with van der Waals surface area (Å²) in [4.78, 5) is 11.9. The van der Waals surface area contributed by atoms with Crippen LogP contribution < -0.4 is 10.1 Å². The normalized spacial score (nSPS) is 22.8. The Balaban J connectivity index is 2.12. The molecule has 0 amide bonds. The van der Waals surface area contributed by atoms with Crippen LogP contribution in [0.2, 0.25) is 0 Å². The molecule has 2 atom stereocenters. The molecule has 0 radical (unpaired) electrons. The van der Waals surface area contributed by atoms with E-state index in [1.165, 1.54) is 0 Å². The van der Waals surface area contributed by atoms with Gasteiger partial charge < -0.3 is 14.8 Å². The Labute approximate surface area is 107 Å². The Bertz CT molecular complexity index is 402. The van der Waals surface area contributed by atoms with Crippen LogP contribution in [0.25, 0.3) is 0 Å². The molecule has 0 saturated carbocycles. The van der Waals surface area contributed by atoms with E-state index in [0.717, 1.165) is 17.9 Å². The first-order valence-electron chi connectivity index (χ1n) is 6.27. The van der Waals surface area contributed by atoms with Crippen molar-refractivity contribution >= 4 is 5.97 Å². The topological polar surface area (TPSA) is 47.6 Å². The first kappa shape index (κ1) is 12.9. The van der Waals surface area contributed by atoms with E-state index < -0.39 is 0 Å². The molecule has 4 nitrogen and oxygen atoms in total. The zero-order valence-electron chi connectivity index (χ0n) is 10.8. The Kier molecular flexibility index (Phi) is 4.20. The molecule has 2 rings (SSSR count). The molecule has 1 heterocycles. The van der Waals surface area contributed by atoms with Gasteiger partial charge in [0.15, 0.2) is 0 Å². The fourth-order valence-corrected chi connectivity index (χ4v) is 2.38. The molecule has 0 aromatic heterocycles. The van der Waals surface area contributed by atoms with Gasteiger partial charge in [-0.15, -0.1) is 0 Å². The van der Waals surface area contributed by atoms with Crippen molar-refractivity contribution in [1.29, 1.82) is 0 Å². The van der Waals surface area contributed by atoms with Crippen molar-refractivity contribution in [3.05, 3.63) is 29.8 Å². The third-order valence-electron chi connectivity index (χ3n) is 3.35. The molecule has 1 saturated heterocycles. The van der Waals surface area contributed by atoms with Gasteiger partial charge in [0.25, 0.3) is 0 Å². The van der Waals surface area contributed by atoms with Gasteiger partial charge >= 0.3 is 5.97 Å². The van der Waals surface area contributed by atoms with Gasteiger partial charge in [-0.3, -0.25) is 4.79 Å². The maximum Gasteiger partial charge on any atom is 0.310 e. The van der Waals surface area contributed by atoms with E-state index in [0.29, 0.717) is 13.2 Å². The maximum absolute atomic E-state index is 11.9. The van der Waals surface area contributed by atoms with Crippen LogP contribution in [0, 0.1) is 5.92 Å². The van der Waals surface area contributed by atoms with Gasteiger partial charge in [-0.1, -0.05) is 12.1 Å². The lowest BCUT2D eigenvalue weighted by Crippen LogP contribution is -2.24. The van der Waals surface area contributed by atoms with E-state index in [1.54, 1.807) is 7.11 Å². The SMILES string of the molecule is CCOC(=O)[C@@H]1CNC[C@H]1c1ccc(OC)cc1. The van der Waals surface area contributed by atoms with Crippen molar-refractivity contribution in [3.8, 4) is 5.75 Å². The maximum atomic E-state index is 11.9. The number of esters is 1. The largest absolute Gasteiger partial charge is 0.497 e. The van der Waals surface area contributed by atoms with Crippen LogP contribution in [0.4, 0.5) is 0 Å². The lowest BCUT2D eigenvalue weighted by Gasteiger charge is -2.17. The molecule has 1 aromatic rings. The second-order valence-electron chi connectivity index (χ2n) is 4.40. The molecule has 1 aliphatic rings. The molecule has 0 aliphatic carbocycles. The molecule has 0 unspecified atom stereocenters. The van der Waals surface area contributed by atoms with E-state index in [2.05, 4.69) is 5.32 Å². The Hall–Kier alpha value is -1.55. The fraction of sp³-hybridized carbons (Fsp3) is 0.500. The average molecular weight is 249 g/mol. The summed E-state index contributed by atoms with van der Waals surface area (Å²) in [6.07, 6.45) is 0. The number of hydrogen-bond donors (Lipinski definition) is 1. The minimum absolute atomic E-state index is 0.0849. The predicted molar refractivity (Wildman–Crippen MR) is 68.7 cm³/mol. The van der Waals surface area contributed by atoms with Gasteiger partial charge in [-0.2, -0.15) is 0 Å². The summed E-state index contributed by atoms with van der Waals surface area (Å²) in [5.41, 5.74) is 1.15. The van der Waals surface area contributed by atoms with E-state index in [-0.39, 0.29) is 17.8 Å². The number of ether oxygens (including phenoxy) is 2. The van der Waals surface area contributed by atoms with Gasteiger partial charge in [-0.25, -0.2) is 0 Å². The van der Waals surface area contributed by atoms with Crippen LogP contribution in [0.15, 0.2) is 24.3 Å². The molecule has 1 aromatic carbocycles. The molecule has 1 N–H and O–H groups in total. The molecule has 0 spiro atoms. The van der Waals surface area contributed by atoms with Crippen molar-refractivity contribution in [2.45, 2.75) is 12.8 Å². The van der Waals surface area contributed by atoms with Gasteiger partial charge in [-0.05, 0) is 24.6 Å². The van der Waals surface area contributed by atoms with E-state index in [1.807, 2.05) is 31.2 Å². The monoisotopic (exact) mass is 249 g/mol. The molecule has 98 valence electrons. The number of benzene rings is 1. The molecule has 0 bridgehead atoms. The number of hydrogen-bond acceptors (Lipinski definition) is 4. The summed E-state index contributed by atoms with van der Waals surface area (Å²) in [5, 5.41) is 3.26. The van der Waals surface area contributed by atoms with Crippen molar-refractivity contribution in [3.63, 3.8) is 0 Å². The minimum atomic E-state index is -0.108. The van der Waals surface area contributed by atoms with Crippen LogP contribution in [0.3, 0.4) is 0 Å². The average Bonchev–Trinajstić information content (AvgIpc) is 2.88. The first-order chi connectivity index (χ1) is 8.76. The van der Waals surface area contributed by atoms with Crippen molar-refractivity contribution in [2.24, 2.45) is 5.92 Å². The van der Waals surface area contributed by atoms with E-state index >= 15 is 0 Å². The molecule has 4 heteroatoms. The molecular formula is C14H19NO3. The summed E-state index contributed by atoms with van der Waals surface area (Å²) >= 11 is 0. The first-order valence-corrected chi connectivity index (χ1v) is 6.27. The summed E-state index contributed by atoms with van der Waals surface area (Å²) < 4.78 is 10.3. The Morgan fingerprint density at radius 1 is 1.33 bits per heavy atom. The van der Waals surface area contributed by atoms with Crippen molar-refractivity contribution in [1.82, 2.24) is 5.32 Å². The van der Waals surface area contributed by atoms with Crippen LogP contribution in [0.1, 0.15) is 18.4 Å². The van der Waals surface area contributed by atoms with Crippen LogP contribution in [-0.2, 0) is 9.53 Å². The minimum Gasteiger partial charge on any atom is -0.497 e. The summed E-state index contributed by atoms with van der Waals surface area (Å²) in [6, 6.07) is 7.89. The van der Waals surface area contributed by atoms with Gasteiger partial charge in [0.1, 0.15) is 5.75 Å². The molecule has 1 aliphatic heterocycles. The lowest BCUT2D eigenvalue weighted by molar-refractivity contribution is -0.147. The standard InChI is InChI=1S/C14H19NO3/c1-3-18-14(16)13-9-15-8-12(13)10-4-6-11(17-2)7-5-10/h4-7,12-13,15H,3,8-9H2,1-2H3/t12-,13+/m0/s1. The van der Waals surface area contributed by atoms with Crippen LogP contribution >= 0.6 is 0 Å².